The van der Waals surface area contributed by atoms with Gasteiger partial charge in [-0.3, -0.25) is 4.98 Å². The molecule has 0 aromatic carbocycles. The number of likely N-dealkylation sites (tertiary alicyclic amines) is 1. The third-order valence-corrected chi connectivity index (χ3v) is 3.58. The molecule has 0 amide bonds. The highest BCUT2D eigenvalue weighted by Crippen LogP contribution is 2.10. The molecule has 1 aliphatic rings. The first-order valence-electron chi connectivity index (χ1n) is 6.65. The second-order valence-electron chi connectivity index (χ2n) is 4.92. The largest absolute Gasteiger partial charge is 0.308 e. The van der Waals surface area contributed by atoms with Gasteiger partial charge in [0.05, 0.1) is 5.69 Å². The number of aryl methyl sites for hydroxylation is 1. The first kappa shape index (κ1) is 12.5. The van der Waals surface area contributed by atoms with Crippen LogP contribution in [-0.4, -0.2) is 35.6 Å². The number of hydrogen-bond donors (Lipinski definition) is 1. The van der Waals surface area contributed by atoms with Crippen LogP contribution in [-0.2, 0) is 6.54 Å². The van der Waals surface area contributed by atoms with Crippen LogP contribution in [0.1, 0.15) is 31.0 Å². The Hall–Kier alpha value is -0.930. The molecule has 94 valence electrons. The van der Waals surface area contributed by atoms with Gasteiger partial charge in [0, 0.05) is 18.8 Å². The zero-order chi connectivity index (χ0) is 12.1. The van der Waals surface area contributed by atoms with Gasteiger partial charge in [-0.2, -0.15) is 0 Å². The molecule has 1 aromatic rings. The van der Waals surface area contributed by atoms with E-state index in [2.05, 4.69) is 41.2 Å². The second kappa shape index (κ2) is 6.12. The van der Waals surface area contributed by atoms with Crippen molar-refractivity contribution in [3.8, 4) is 0 Å². The summed E-state index contributed by atoms with van der Waals surface area (Å²) in [6.45, 7) is 8.86. The standard InChI is InChI=1S/C14H23N3/c1-3-17-8-6-13(7-9-17)16-11-14-5-4-12(2)10-15-14/h4-5,10,13,16H,3,6-9,11H2,1-2H3. The molecular weight excluding hydrogens is 210 g/mol. The summed E-state index contributed by atoms with van der Waals surface area (Å²) in [7, 11) is 0. The lowest BCUT2D eigenvalue weighted by Crippen LogP contribution is -2.42. The zero-order valence-corrected chi connectivity index (χ0v) is 10.9. The quantitative estimate of drug-likeness (QED) is 0.861. The van der Waals surface area contributed by atoms with Gasteiger partial charge in [-0.05, 0) is 51.0 Å². The number of aromatic nitrogens is 1. The van der Waals surface area contributed by atoms with Crippen molar-refractivity contribution in [2.75, 3.05) is 19.6 Å². The SMILES string of the molecule is CCN1CCC(NCc2ccc(C)cn2)CC1. The van der Waals surface area contributed by atoms with Gasteiger partial charge in [-0.25, -0.2) is 0 Å². The average Bonchev–Trinajstić information content (AvgIpc) is 2.39. The molecule has 0 spiro atoms. The molecule has 0 saturated carbocycles. The molecular formula is C14H23N3. The van der Waals surface area contributed by atoms with Crippen LogP contribution in [0.4, 0.5) is 0 Å². The van der Waals surface area contributed by atoms with E-state index in [9.17, 15) is 0 Å². The number of pyridine rings is 1. The van der Waals surface area contributed by atoms with E-state index in [0.717, 1.165) is 12.2 Å². The maximum atomic E-state index is 4.42. The highest BCUT2D eigenvalue weighted by Gasteiger charge is 2.17. The van der Waals surface area contributed by atoms with Crippen LogP contribution in [0.3, 0.4) is 0 Å². The third-order valence-electron chi connectivity index (χ3n) is 3.58. The Bertz CT molecular complexity index is 326. The Labute approximate surface area is 104 Å². The van der Waals surface area contributed by atoms with E-state index in [0.29, 0.717) is 6.04 Å². The van der Waals surface area contributed by atoms with Gasteiger partial charge in [0.15, 0.2) is 0 Å². The maximum Gasteiger partial charge on any atom is 0.0541 e. The van der Waals surface area contributed by atoms with Crippen molar-refractivity contribution in [2.45, 2.75) is 39.3 Å². The smallest absolute Gasteiger partial charge is 0.0541 e. The number of hydrogen-bond acceptors (Lipinski definition) is 3. The highest BCUT2D eigenvalue weighted by molar-refractivity contribution is 5.12. The van der Waals surface area contributed by atoms with Crippen molar-refractivity contribution < 1.29 is 0 Å². The summed E-state index contributed by atoms with van der Waals surface area (Å²) in [5.41, 5.74) is 2.37. The van der Waals surface area contributed by atoms with Crippen molar-refractivity contribution in [3.63, 3.8) is 0 Å². The van der Waals surface area contributed by atoms with E-state index >= 15 is 0 Å². The minimum atomic E-state index is 0.668. The predicted molar refractivity (Wildman–Crippen MR) is 70.9 cm³/mol. The Kier molecular flexibility index (Phi) is 4.51. The summed E-state index contributed by atoms with van der Waals surface area (Å²) in [6.07, 6.45) is 4.47. The first-order chi connectivity index (χ1) is 8.28. The van der Waals surface area contributed by atoms with Gasteiger partial charge >= 0.3 is 0 Å². The molecule has 17 heavy (non-hydrogen) atoms. The molecule has 1 N–H and O–H groups in total. The monoisotopic (exact) mass is 233 g/mol. The molecule has 0 atom stereocenters. The summed E-state index contributed by atoms with van der Waals surface area (Å²) in [6, 6.07) is 4.91. The average molecular weight is 233 g/mol. The minimum absolute atomic E-state index is 0.668. The topological polar surface area (TPSA) is 28.2 Å². The van der Waals surface area contributed by atoms with Crippen LogP contribution in [0.15, 0.2) is 18.3 Å². The van der Waals surface area contributed by atoms with Crippen LogP contribution in [0.5, 0.6) is 0 Å². The molecule has 1 fully saturated rings. The second-order valence-corrected chi connectivity index (χ2v) is 4.92. The van der Waals surface area contributed by atoms with E-state index in [1.807, 2.05) is 6.20 Å². The molecule has 1 saturated heterocycles. The van der Waals surface area contributed by atoms with Gasteiger partial charge in [0.1, 0.15) is 0 Å². The molecule has 2 rings (SSSR count). The van der Waals surface area contributed by atoms with Gasteiger partial charge < -0.3 is 10.2 Å². The number of nitrogens with one attached hydrogen (secondary N) is 1. The van der Waals surface area contributed by atoms with E-state index in [1.165, 1.54) is 38.0 Å². The fourth-order valence-corrected chi connectivity index (χ4v) is 2.31. The molecule has 2 heterocycles. The molecule has 0 radical (unpaired) electrons. The maximum absolute atomic E-state index is 4.42. The summed E-state index contributed by atoms with van der Waals surface area (Å²) < 4.78 is 0. The van der Waals surface area contributed by atoms with Crippen molar-refractivity contribution in [3.05, 3.63) is 29.6 Å². The molecule has 1 aliphatic heterocycles. The molecule has 1 aromatic heterocycles. The van der Waals surface area contributed by atoms with Crippen molar-refractivity contribution >= 4 is 0 Å². The van der Waals surface area contributed by atoms with E-state index in [4.69, 9.17) is 0 Å². The third kappa shape index (κ3) is 3.79. The highest BCUT2D eigenvalue weighted by atomic mass is 15.1. The Morgan fingerprint density at radius 3 is 2.71 bits per heavy atom. The molecule has 0 unspecified atom stereocenters. The lowest BCUT2D eigenvalue weighted by molar-refractivity contribution is 0.205. The Morgan fingerprint density at radius 2 is 2.12 bits per heavy atom. The summed E-state index contributed by atoms with van der Waals surface area (Å²) >= 11 is 0. The molecule has 3 nitrogen and oxygen atoms in total. The summed E-state index contributed by atoms with van der Waals surface area (Å²) in [4.78, 5) is 6.94. The van der Waals surface area contributed by atoms with Crippen LogP contribution in [0.25, 0.3) is 0 Å². The van der Waals surface area contributed by atoms with Crippen molar-refractivity contribution in [1.82, 2.24) is 15.2 Å². The number of rotatable bonds is 4. The van der Waals surface area contributed by atoms with Crippen molar-refractivity contribution in [1.29, 1.82) is 0 Å². The van der Waals surface area contributed by atoms with Crippen molar-refractivity contribution in [2.24, 2.45) is 0 Å². The van der Waals surface area contributed by atoms with E-state index in [-0.39, 0.29) is 0 Å². The minimum Gasteiger partial charge on any atom is -0.308 e. The van der Waals surface area contributed by atoms with Crippen LogP contribution >= 0.6 is 0 Å². The fourth-order valence-electron chi connectivity index (χ4n) is 2.31. The number of piperidine rings is 1. The normalized spacial score (nSPS) is 18.5. The number of nitrogens with zero attached hydrogens (tertiary/aromatic N) is 2. The van der Waals surface area contributed by atoms with E-state index in [1.54, 1.807) is 0 Å². The molecule has 0 bridgehead atoms. The first-order valence-corrected chi connectivity index (χ1v) is 6.65. The van der Waals surface area contributed by atoms with Gasteiger partial charge in [0.2, 0.25) is 0 Å². The molecule has 0 aliphatic carbocycles. The summed E-state index contributed by atoms with van der Waals surface area (Å²) in [5.74, 6) is 0. The van der Waals surface area contributed by atoms with Crippen LogP contribution in [0.2, 0.25) is 0 Å². The van der Waals surface area contributed by atoms with Crippen LogP contribution < -0.4 is 5.32 Å². The lowest BCUT2D eigenvalue weighted by atomic mass is 10.1. The lowest BCUT2D eigenvalue weighted by Gasteiger charge is -2.31. The van der Waals surface area contributed by atoms with Crippen LogP contribution in [0, 0.1) is 6.92 Å². The molecule has 3 heteroatoms. The van der Waals surface area contributed by atoms with Gasteiger partial charge in [0.25, 0.3) is 0 Å². The Morgan fingerprint density at radius 1 is 1.35 bits per heavy atom. The fraction of sp³-hybridized carbons (Fsp3) is 0.643. The summed E-state index contributed by atoms with van der Waals surface area (Å²) in [5, 5.41) is 3.61. The van der Waals surface area contributed by atoms with Gasteiger partial charge in [-0.15, -0.1) is 0 Å². The van der Waals surface area contributed by atoms with Gasteiger partial charge in [-0.1, -0.05) is 13.0 Å². The Balaban J connectivity index is 1.74. The predicted octanol–water partition coefficient (Wildman–Crippen LogP) is 1.96. The van der Waals surface area contributed by atoms with E-state index < -0.39 is 0 Å². The zero-order valence-electron chi connectivity index (χ0n) is 10.9.